The Morgan fingerprint density at radius 3 is 2.53 bits per heavy atom. The van der Waals surface area contributed by atoms with E-state index in [4.69, 9.17) is 9.72 Å². The maximum absolute atomic E-state index is 13.1. The zero-order chi connectivity index (χ0) is 21.3. The van der Waals surface area contributed by atoms with Crippen molar-refractivity contribution in [2.45, 2.75) is 20.8 Å². The van der Waals surface area contributed by atoms with Crippen molar-refractivity contribution in [2.75, 3.05) is 37.7 Å². The molecule has 0 saturated carbocycles. The molecule has 0 atom stereocenters. The quantitative estimate of drug-likeness (QED) is 0.427. The van der Waals surface area contributed by atoms with E-state index < -0.39 is 0 Å². The van der Waals surface area contributed by atoms with Crippen LogP contribution in [0.5, 0.6) is 5.75 Å². The van der Waals surface area contributed by atoms with E-state index in [2.05, 4.69) is 18.7 Å². The summed E-state index contributed by atoms with van der Waals surface area (Å²) in [6, 6.07) is 15.7. The fourth-order valence-electron chi connectivity index (χ4n) is 3.17. The van der Waals surface area contributed by atoms with Crippen molar-refractivity contribution < 1.29 is 9.53 Å². The van der Waals surface area contributed by atoms with Gasteiger partial charge in [0.2, 0.25) is 0 Å². The number of thiazole rings is 1. The Kier molecular flexibility index (Phi) is 7.99. The number of hydrogen-bond acceptors (Lipinski definition) is 5. The van der Waals surface area contributed by atoms with E-state index in [1.165, 1.54) is 11.3 Å². The number of benzene rings is 2. The summed E-state index contributed by atoms with van der Waals surface area (Å²) in [5, 5.41) is 0.716. The normalized spacial score (nSPS) is 11.5. The predicted octanol–water partition coefficient (Wildman–Crippen LogP) is 5.08. The summed E-state index contributed by atoms with van der Waals surface area (Å²) in [5.41, 5.74) is 1.88. The number of anilines is 1. The van der Waals surface area contributed by atoms with Gasteiger partial charge in [-0.25, -0.2) is 4.98 Å². The Bertz CT molecular complexity index is 981. The number of carbonyl (C=O) groups is 1. The van der Waals surface area contributed by atoms with E-state index in [0.29, 0.717) is 18.3 Å². The molecule has 0 aliphatic heterocycles. The van der Waals surface area contributed by atoms with Gasteiger partial charge in [0, 0.05) is 19.2 Å². The first-order chi connectivity index (χ1) is 14.6. The number of aromatic nitrogens is 1. The number of fused-ring (bicyclic) bond motifs is 1. The number of likely N-dealkylation sites (N-methyl/N-ethyl adjacent to an activating group) is 1. The van der Waals surface area contributed by atoms with Gasteiger partial charge < -0.3 is 9.64 Å². The van der Waals surface area contributed by atoms with E-state index in [1.807, 2.05) is 61.5 Å². The van der Waals surface area contributed by atoms with Crippen LogP contribution in [0, 0.1) is 0 Å². The zero-order valence-corrected chi connectivity index (χ0v) is 18.7. The zero-order valence-electron chi connectivity index (χ0n) is 17.9. The Morgan fingerprint density at radius 1 is 1.07 bits per heavy atom. The van der Waals surface area contributed by atoms with Crippen LogP contribution in [0.1, 0.15) is 26.3 Å². The second-order valence-electron chi connectivity index (χ2n) is 6.82. The highest BCUT2D eigenvalue weighted by Crippen LogP contribution is 2.31. The molecule has 158 valence electrons. The SMILES string of the molecule is CCOc1ccc2nc(N(CCN(CC)CC)C(=O)/C=C/c3ccccc3)sc2c1. The van der Waals surface area contributed by atoms with Gasteiger partial charge in [0.25, 0.3) is 5.91 Å². The third kappa shape index (κ3) is 5.68. The lowest BCUT2D eigenvalue weighted by Gasteiger charge is -2.23. The minimum Gasteiger partial charge on any atom is -0.494 e. The van der Waals surface area contributed by atoms with E-state index in [1.54, 1.807) is 11.0 Å². The van der Waals surface area contributed by atoms with Crippen LogP contribution in [-0.2, 0) is 4.79 Å². The van der Waals surface area contributed by atoms with E-state index in [9.17, 15) is 4.79 Å². The molecule has 0 spiro atoms. The van der Waals surface area contributed by atoms with Crippen molar-refractivity contribution in [1.82, 2.24) is 9.88 Å². The van der Waals surface area contributed by atoms with Crippen molar-refractivity contribution in [1.29, 1.82) is 0 Å². The molecule has 0 fully saturated rings. The molecule has 0 unspecified atom stereocenters. The maximum atomic E-state index is 13.1. The van der Waals surface area contributed by atoms with Crippen LogP contribution in [0.2, 0.25) is 0 Å². The summed E-state index contributed by atoms with van der Waals surface area (Å²) in [6.07, 6.45) is 3.49. The molecule has 6 heteroatoms. The van der Waals surface area contributed by atoms with Gasteiger partial charge in [-0.1, -0.05) is 55.5 Å². The summed E-state index contributed by atoms with van der Waals surface area (Å²) in [5.74, 6) is 0.764. The van der Waals surface area contributed by atoms with Crippen LogP contribution in [0.3, 0.4) is 0 Å². The minimum atomic E-state index is -0.0601. The average molecular weight is 424 g/mol. The van der Waals surface area contributed by atoms with Gasteiger partial charge in [0.1, 0.15) is 5.75 Å². The molecule has 0 N–H and O–H groups in total. The first-order valence-corrected chi connectivity index (χ1v) is 11.3. The van der Waals surface area contributed by atoms with Crippen molar-refractivity contribution >= 4 is 38.7 Å². The first kappa shape index (κ1) is 22.0. The van der Waals surface area contributed by atoms with Gasteiger partial charge >= 0.3 is 0 Å². The minimum absolute atomic E-state index is 0.0601. The Labute approximate surface area is 182 Å². The molecule has 0 aliphatic rings. The highest BCUT2D eigenvalue weighted by Gasteiger charge is 2.19. The molecule has 2 aromatic carbocycles. The van der Waals surface area contributed by atoms with Crippen LogP contribution < -0.4 is 9.64 Å². The Balaban J connectivity index is 1.87. The van der Waals surface area contributed by atoms with Crippen molar-refractivity contribution in [3.8, 4) is 5.75 Å². The molecule has 0 radical (unpaired) electrons. The molecular weight excluding hydrogens is 394 g/mol. The van der Waals surface area contributed by atoms with E-state index in [0.717, 1.165) is 41.2 Å². The van der Waals surface area contributed by atoms with Gasteiger partial charge in [-0.15, -0.1) is 0 Å². The fraction of sp³-hybridized carbons (Fsp3) is 0.333. The first-order valence-electron chi connectivity index (χ1n) is 10.4. The van der Waals surface area contributed by atoms with Gasteiger partial charge in [-0.05, 0) is 49.9 Å². The lowest BCUT2D eigenvalue weighted by Crippen LogP contribution is -2.38. The summed E-state index contributed by atoms with van der Waals surface area (Å²) in [7, 11) is 0. The second kappa shape index (κ2) is 10.9. The summed E-state index contributed by atoms with van der Waals surface area (Å²) < 4.78 is 6.62. The molecule has 3 rings (SSSR count). The Hall–Kier alpha value is -2.70. The van der Waals surface area contributed by atoms with Crippen molar-refractivity contribution in [2.24, 2.45) is 0 Å². The van der Waals surface area contributed by atoms with Crippen LogP contribution >= 0.6 is 11.3 Å². The van der Waals surface area contributed by atoms with Gasteiger partial charge in [-0.3, -0.25) is 9.69 Å². The van der Waals surface area contributed by atoms with Crippen LogP contribution in [-0.4, -0.2) is 48.6 Å². The third-order valence-electron chi connectivity index (χ3n) is 4.91. The Morgan fingerprint density at radius 2 is 1.83 bits per heavy atom. The van der Waals surface area contributed by atoms with Gasteiger partial charge in [-0.2, -0.15) is 0 Å². The largest absolute Gasteiger partial charge is 0.494 e. The van der Waals surface area contributed by atoms with Crippen molar-refractivity contribution in [3.05, 3.63) is 60.2 Å². The molecule has 0 bridgehead atoms. The van der Waals surface area contributed by atoms with Crippen LogP contribution in [0.4, 0.5) is 5.13 Å². The molecule has 30 heavy (non-hydrogen) atoms. The van der Waals surface area contributed by atoms with E-state index >= 15 is 0 Å². The summed E-state index contributed by atoms with van der Waals surface area (Å²) >= 11 is 1.52. The molecule has 3 aromatic rings. The number of ether oxygens (including phenoxy) is 1. The third-order valence-corrected chi connectivity index (χ3v) is 5.95. The molecule has 1 amide bonds. The second-order valence-corrected chi connectivity index (χ2v) is 7.83. The van der Waals surface area contributed by atoms with Crippen molar-refractivity contribution in [3.63, 3.8) is 0 Å². The average Bonchev–Trinajstić information content (AvgIpc) is 3.19. The number of rotatable bonds is 10. The molecule has 1 heterocycles. The smallest absolute Gasteiger partial charge is 0.252 e. The number of hydrogen-bond donors (Lipinski definition) is 0. The molecule has 5 nitrogen and oxygen atoms in total. The summed E-state index contributed by atoms with van der Waals surface area (Å²) in [4.78, 5) is 21.9. The maximum Gasteiger partial charge on any atom is 0.252 e. The number of nitrogens with zero attached hydrogens (tertiary/aromatic N) is 3. The standard InChI is InChI=1S/C24H29N3O2S/c1-4-26(5-2)16-17-27(23(28)15-12-19-10-8-7-9-11-19)24-25-21-14-13-20(29-6-3)18-22(21)30-24/h7-15,18H,4-6,16-17H2,1-3H3/b15-12+. The fourth-order valence-corrected chi connectivity index (χ4v) is 4.19. The highest BCUT2D eigenvalue weighted by molar-refractivity contribution is 7.22. The number of carbonyl (C=O) groups excluding carboxylic acids is 1. The summed E-state index contributed by atoms with van der Waals surface area (Å²) in [6.45, 7) is 10.2. The molecule has 0 saturated heterocycles. The lowest BCUT2D eigenvalue weighted by atomic mass is 10.2. The lowest BCUT2D eigenvalue weighted by molar-refractivity contribution is -0.114. The van der Waals surface area contributed by atoms with Gasteiger partial charge in [0.15, 0.2) is 5.13 Å². The van der Waals surface area contributed by atoms with E-state index in [-0.39, 0.29) is 5.91 Å². The van der Waals surface area contributed by atoms with Gasteiger partial charge in [0.05, 0.1) is 16.8 Å². The van der Waals surface area contributed by atoms with Crippen LogP contribution in [0.25, 0.3) is 16.3 Å². The predicted molar refractivity (Wildman–Crippen MR) is 126 cm³/mol. The monoisotopic (exact) mass is 423 g/mol. The highest BCUT2D eigenvalue weighted by atomic mass is 32.1. The molecule has 0 aliphatic carbocycles. The molecular formula is C24H29N3O2S. The van der Waals surface area contributed by atoms with Crippen LogP contribution in [0.15, 0.2) is 54.6 Å². The topological polar surface area (TPSA) is 45.7 Å². The molecule has 1 aromatic heterocycles. The number of amides is 1.